The molecule has 2 heterocycles. The molecule has 0 unspecified atom stereocenters. The quantitative estimate of drug-likeness (QED) is 0.802. The van der Waals surface area contributed by atoms with Gasteiger partial charge in [0.05, 0.1) is 0 Å². The molecule has 0 radical (unpaired) electrons. The Bertz CT molecular complexity index is 565. The van der Waals surface area contributed by atoms with Crippen LogP contribution < -0.4 is 5.32 Å². The standard InChI is InChI=1S/C13H15BrN4OS/c1-3-19-8-11-17-10(15-2)6-13(18-11)20-12-5-4-9(14)7-16-12/h4-7H,3,8H2,1-2H3,(H,15,17,18). The number of aromatic nitrogens is 3. The van der Waals surface area contributed by atoms with Gasteiger partial charge in [-0.15, -0.1) is 0 Å². The lowest BCUT2D eigenvalue weighted by molar-refractivity contribution is 0.128. The molecule has 1 N–H and O–H groups in total. The molecule has 2 rings (SSSR count). The minimum atomic E-state index is 0.410. The van der Waals surface area contributed by atoms with Crippen molar-refractivity contribution in [3.05, 3.63) is 34.7 Å². The van der Waals surface area contributed by atoms with E-state index in [9.17, 15) is 0 Å². The second-order valence-corrected chi connectivity index (χ2v) is 5.77. The van der Waals surface area contributed by atoms with Crippen LogP contribution >= 0.6 is 27.7 Å². The van der Waals surface area contributed by atoms with Crippen LogP contribution in [0.2, 0.25) is 0 Å². The molecule has 0 aromatic carbocycles. The Labute approximate surface area is 130 Å². The molecule has 5 nitrogen and oxygen atoms in total. The van der Waals surface area contributed by atoms with E-state index in [1.54, 1.807) is 6.20 Å². The van der Waals surface area contributed by atoms with Crippen molar-refractivity contribution in [2.45, 2.75) is 23.6 Å². The van der Waals surface area contributed by atoms with E-state index in [0.717, 1.165) is 20.3 Å². The van der Waals surface area contributed by atoms with Gasteiger partial charge in [-0.1, -0.05) is 0 Å². The van der Waals surface area contributed by atoms with Crippen LogP contribution in [-0.4, -0.2) is 28.6 Å². The lowest BCUT2D eigenvalue weighted by Gasteiger charge is -2.07. The summed E-state index contributed by atoms with van der Waals surface area (Å²) in [4.78, 5) is 13.2. The van der Waals surface area contributed by atoms with Gasteiger partial charge < -0.3 is 10.1 Å². The normalized spacial score (nSPS) is 10.6. The predicted octanol–water partition coefficient (Wildman–Crippen LogP) is 3.36. The number of nitrogens with one attached hydrogen (secondary N) is 1. The molecular formula is C13H15BrN4OS. The smallest absolute Gasteiger partial charge is 0.157 e. The second kappa shape index (κ2) is 7.56. The lowest BCUT2D eigenvalue weighted by Crippen LogP contribution is -2.03. The van der Waals surface area contributed by atoms with Crippen LogP contribution in [0.1, 0.15) is 12.7 Å². The number of ether oxygens (including phenoxy) is 1. The monoisotopic (exact) mass is 354 g/mol. The highest BCUT2D eigenvalue weighted by Crippen LogP contribution is 2.26. The summed E-state index contributed by atoms with van der Waals surface area (Å²) in [5.74, 6) is 1.44. The van der Waals surface area contributed by atoms with Gasteiger partial charge in [0.1, 0.15) is 22.5 Å². The molecule has 0 bridgehead atoms. The Balaban J connectivity index is 2.19. The van der Waals surface area contributed by atoms with Crippen molar-refractivity contribution in [2.75, 3.05) is 19.0 Å². The molecule has 20 heavy (non-hydrogen) atoms. The van der Waals surface area contributed by atoms with Gasteiger partial charge in [-0.25, -0.2) is 15.0 Å². The molecule has 0 aliphatic carbocycles. The fourth-order valence-electron chi connectivity index (χ4n) is 1.44. The van der Waals surface area contributed by atoms with E-state index in [2.05, 4.69) is 36.2 Å². The Morgan fingerprint density at radius 3 is 2.80 bits per heavy atom. The van der Waals surface area contributed by atoms with Gasteiger partial charge >= 0.3 is 0 Å². The SMILES string of the molecule is CCOCc1nc(NC)cc(Sc2ccc(Br)cn2)n1. The summed E-state index contributed by atoms with van der Waals surface area (Å²) in [6.07, 6.45) is 1.77. The predicted molar refractivity (Wildman–Crippen MR) is 83.0 cm³/mol. The fourth-order valence-corrected chi connectivity index (χ4v) is 2.45. The summed E-state index contributed by atoms with van der Waals surface area (Å²) < 4.78 is 6.31. The molecule has 0 atom stereocenters. The number of hydrogen-bond donors (Lipinski definition) is 1. The molecule has 0 amide bonds. The molecule has 0 aliphatic heterocycles. The molecule has 0 spiro atoms. The number of rotatable bonds is 6. The molecule has 0 saturated heterocycles. The van der Waals surface area contributed by atoms with Gasteiger partial charge in [0.15, 0.2) is 5.82 Å². The van der Waals surface area contributed by atoms with Crippen LogP contribution in [0.3, 0.4) is 0 Å². The average molecular weight is 355 g/mol. The van der Waals surface area contributed by atoms with Crippen LogP contribution in [0.4, 0.5) is 5.82 Å². The summed E-state index contributed by atoms with van der Waals surface area (Å²) in [5.41, 5.74) is 0. The highest BCUT2D eigenvalue weighted by molar-refractivity contribution is 9.10. The lowest BCUT2D eigenvalue weighted by atomic mass is 10.5. The number of hydrogen-bond acceptors (Lipinski definition) is 6. The first-order valence-corrected chi connectivity index (χ1v) is 7.75. The summed E-state index contributed by atoms with van der Waals surface area (Å²) in [7, 11) is 1.83. The van der Waals surface area contributed by atoms with Crippen molar-refractivity contribution < 1.29 is 4.74 Å². The Kier molecular flexibility index (Phi) is 5.75. The third kappa shape index (κ3) is 4.43. The molecule has 0 saturated carbocycles. The van der Waals surface area contributed by atoms with Crippen molar-refractivity contribution in [3.8, 4) is 0 Å². The summed E-state index contributed by atoms with van der Waals surface area (Å²) in [6, 6.07) is 5.79. The maximum Gasteiger partial charge on any atom is 0.157 e. The van der Waals surface area contributed by atoms with Crippen molar-refractivity contribution in [1.29, 1.82) is 0 Å². The molecular weight excluding hydrogens is 340 g/mol. The first kappa shape index (κ1) is 15.2. The Morgan fingerprint density at radius 1 is 1.30 bits per heavy atom. The van der Waals surface area contributed by atoms with Crippen LogP contribution in [0.25, 0.3) is 0 Å². The van der Waals surface area contributed by atoms with Crippen LogP contribution in [0, 0.1) is 0 Å². The number of nitrogens with zero attached hydrogens (tertiary/aromatic N) is 3. The van der Waals surface area contributed by atoms with Gasteiger partial charge in [-0.05, 0) is 46.7 Å². The summed E-state index contributed by atoms with van der Waals surface area (Å²) in [5, 5.41) is 4.76. The molecule has 2 aromatic heterocycles. The van der Waals surface area contributed by atoms with Crippen molar-refractivity contribution >= 4 is 33.5 Å². The zero-order valence-corrected chi connectivity index (χ0v) is 13.7. The Hall–Kier alpha value is -1.18. The van der Waals surface area contributed by atoms with Gasteiger partial charge in [0, 0.05) is 30.4 Å². The van der Waals surface area contributed by atoms with Crippen molar-refractivity contribution in [3.63, 3.8) is 0 Å². The zero-order valence-electron chi connectivity index (χ0n) is 11.3. The first-order chi connectivity index (χ1) is 9.71. The number of anilines is 1. The van der Waals surface area contributed by atoms with Gasteiger partial charge in [-0.2, -0.15) is 0 Å². The largest absolute Gasteiger partial charge is 0.374 e. The van der Waals surface area contributed by atoms with Crippen molar-refractivity contribution in [1.82, 2.24) is 15.0 Å². The Morgan fingerprint density at radius 2 is 2.15 bits per heavy atom. The maximum absolute atomic E-state index is 5.36. The van der Waals surface area contributed by atoms with Gasteiger partial charge in [0.2, 0.25) is 0 Å². The van der Waals surface area contributed by atoms with E-state index in [1.807, 2.05) is 32.2 Å². The average Bonchev–Trinajstić information content (AvgIpc) is 2.47. The topological polar surface area (TPSA) is 59.9 Å². The molecule has 2 aromatic rings. The van der Waals surface area contributed by atoms with Gasteiger partial charge in [0.25, 0.3) is 0 Å². The van der Waals surface area contributed by atoms with E-state index >= 15 is 0 Å². The highest BCUT2D eigenvalue weighted by atomic mass is 79.9. The van der Waals surface area contributed by atoms with Crippen LogP contribution in [0.15, 0.2) is 38.9 Å². The van der Waals surface area contributed by atoms with E-state index in [1.165, 1.54) is 11.8 Å². The third-order valence-corrected chi connectivity index (χ3v) is 3.69. The number of pyridine rings is 1. The van der Waals surface area contributed by atoms with Crippen LogP contribution in [-0.2, 0) is 11.3 Å². The minimum absolute atomic E-state index is 0.410. The fraction of sp³-hybridized carbons (Fsp3) is 0.308. The minimum Gasteiger partial charge on any atom is -0.374 e. The molecule has 7 heteroatoms. The first-order valence-electron chi connectivity index (χ1n) is 6.14. The van der Waals surface area contributed by atoms with E-state index in [0.29, 0.717) is 19.0 Å². The number of halogens is 1. The van der Waals surface area contributed by atoms with Crippen molar-refractivity contribution in [2.24, 2.45) is 0 Å². The summed E-state index contributed by atoms with van der Waals surface area (Å²) in [6.45, 7) is 3.00. The summed E-state index contributed by atoms with van der Waals surface area (Å²) >= 11 is 4.86. The van der Waals surface area contributed by atoms with E-state index < -0.39 is 0 Å². The highest BCUT2D eigenvalue weighted by Gasteiger charge is 2.06. The van der Waals surface area contributed by atoms with E-state index in [4.69, 9.17) is 4.74 Å². The second-order valence-electron chi connectivity index (χ2n) is 3.81. The third-order valence-electron chi connectivity index (χ3n) is 2.35. The zero-order chi connectivity index (χ0) is 14.4. The van der Waals surface area contributed by atoms with Gasteiger partial charge in [-0.3, -0.25) is 0 Å². The molecule has 0 fully saturated rings. The molecule has 0 aliphatic rings. The van der Waals surface area contributed by atoms with E-state index in [-0.39, 0.29) is 0 Å². The molecule has 106 valence electrons. The van der Waals surface area contributed by atoms with Crippen LogP contribution in [0.5, 0.6) is 0 Å². The maximum atomic E-state index is 5.36.